The molecule has 0 amide bonds. The zero-order valence-electron chi connectivity index (χ0n) is 16.0. The minimum Gasteiger partial charge on any atom is -0.490 e. The molecule has 1 aliphatic rings. The van der Waals surface area contributed by atoms with Crippen molar-refractivity contribution in [2.24, 2.45) is 5.92 Å². The van der Waals surface area contributed by atoms with Crippen molar-refractivity contribution in [3.8, 4) is 11.8 Å². The molecule has 3 rings (SSSR count). The lowest BCUT2D eigenvalue weighted by atomic mass is 10.1. The molecular weight excluding hydrogens is 348 g/mol. The summed E-state index contributed by atoms with van der Waals surface area (Å²) in [4.78, 5) is 4.10. The Bertz CT molecular complexity index is 846. The quantitative estimate of drug-likeness (QED) is 0.659. The van der Waals surface area contributed by atoms with E-state index in [9.17, 15) is 0 Å². The average molecular weight is 374 g/mol. The third-order valence-electron chi connectivity index (χ3n) is 4.65. The van der Waals surface area contributed by atoms with Gasteiger partial charge in [0, 0.05) is 12.7 Å². The van der Waals surface area contributed by atoms with Crippen LogP contribution in [0.25, 0.3) is 12.2 Å². The van der Waals surface area contributed by atoms with Gasteiger partial charge in [-0.3, -0.25) is 0 Å². The highest BCUT2D eigenvalue weighted by molar-refractivity contribution is 5.70. The standard InChI is InChI=1S/C23H26N4O/c1-2-9-28-23-11-19(4-3-18-5-6-22(13-24)27-17-18)10-21(12-23)16-26-15-20-7-8-25-14-20/h2-6,10-12,17,20,25-26H,1,7-9,14-16H2/b4-3+. The second-order valence-electron chi connectivity index (χ2n) is 6.92. The molecule has 2 aromatic rings. The van der Waals surface area contributed by atoms with Gasteiger partial charge in [-0.25, -0.2) is 4.98 Å². The van der Waals surface area contributed by atoms with Crippen LogP contribution < -0.4 is 15.4 Å². The maximum atomic E-state index is 8.85. The first-order valence-electron chi connectivity index (χ1n) is 9.60. The fraction of sp³-hybridized carbons (Fsp3) is 0.304. The molecule has 5 nitrogen and oxygen atoms in total. The van der Waals surface area contributed by atoms with Crippen LogP contribution in [0, 0.1) is 17.2 Å². The number of nitriles is 1. The third kappa shape index (κ3) is 6.05. The monoisotopic (exact) mass is 374 g/mol. The van der Waals surface area contributed by atoms with Gasteiger partial charge in [-0.05, 0) is 66.9 Å². The van der Waals surface area contributed by atoms with Crippen molar-refractivity contribution in [2.45, 2.75) is 13.0 Å². The summed E-state index contributed by atoms with van der Waals surface area (Å²) in [5, 5.41) is 15.8. The SMILES string of the molecule is C=CCOc1cc(/C=C/c2ccc(C#N)nc2)cc(CNCC2CCNC2)c1. The number of nitrogens with one attached hydrogen (secondary N) is 2. The maximum absolute atomic E-state index is 8.85. The average Bonchev–Trinajstić information content (AvgIpc) is 3.24. The second-order valence-corrected chi connectivity index (χ2v) is 6.92. The van der Waals surface area contributed by atoms with Crippen molar-refractivity contribution >= 4 is 12.2 Å². The van der Waals surface area contributed by atoms with Crippen LogP contribution >= 0.6 is 0 Å². The summed E-state index contributed by atoms with van der Waals surface area (Å²) in [6.07, 6.45) is 8.71. The molecule has 1 aromatic carbocycles. The largest absolute Gasteiger partial charge is 0.490 e. The van der Waals surface area contributed by atoms with Gasteiger partial charge < -0.3 is 15.4 Å². The molecule has 1 fully saturated rings. The van der Waals surface area contributed by atoms with Gasteiger partial charge in [0.1, 0.15) is 24.1 Å². The van der Waals surface area contributed by atoms with E-state index in [1.54, 1.807) is 18.3 Å². The number of rotatable bonds is 9. The van der Waals surface area contributed by atoms with Crippen LogP contribution in [-0.4, -0.2) is 31.2 Å². The van der Waals surface area contributed by atoms with E-state index < -0.39 is 0 Å². The Labute approximate surface area is 166 Å². The summed E-state index contributed by atoms with van der Waals surface area (Å²) in [5.41, 5.74) is 3.61. The molecule has 0 aliphatic carbocycles. The van der Waals surface area contributed by atoms with Crippen LogP contribution in [0.1, 0.15) is 28.8 Å². The van der Waals surface area contributed by atoms with Gasteiger partial charge in [0.05, 0.1) is 0 Å². The van der Waals surface area contributed by atoms with Gasteiger partial charge in [-0.1, -0.05) is 36.9 Å². The molecule has 2 heterocycles. The molecule has 5 heteroatoms. The van der Waals surface area contributed by atoms with Crippen molar-refractivity contribution < 1.29 is 4.74 Å². The van der Waals surface area contributed by atoms with Gasteiger partial charge in [-0.2, -0.15) is 5.26 Å². The minimum absolute atomic E-state index is 0.419. The Hall–Kier alpha value is -2.94. The molecule has 1 aromatic heterocycles. The summed E-state index contributed by atoms with van der Waals surface area (Å²) in [5.74, 6) is 1.54. The van der Waals surface area contributed by atoms with E-state index in [0.717, 1.165) is 43.1 Å². The van der Waals surface area contributed by atoms with Crippen LogP contribution in [-0.2, 0) is 6.54 Å². The van der Waals surface area contributed by atoms with Crippen LogP contribution in [0.15, 0.2) is 49.2 Å². The maximum Gasteiger partial charge on any atom is 0.140 e. The van der Waals surface area contributed by atoms with E-state index >= 15 is 0 Å². The van der Waals surface area contributed by atoms with E-state index in [2.05, 4.69) is 34.3 Å². The highest BCUT2D eigenvalue weighted by Gasteiger charge is 2.13. The predicted molar refractivity (Wildman–Crippen MR) is 113 cm³/mol. The van der Waals surface area contributed by atoms with Gasteiger partial charge in [0.15, 0.2) is 0 Å². The van der Waals surface area contributed by atoms with E-state index in [-0.39, 0.29) is 0 Å². The number of pyridine rings is 1. The smallest absolute Gasteiger partial charge is 0.140 e. The minimum atomic E-state index is 0.419. The molecule has 1 aliphatic heterocycles. The van der Waals surface area contributed by atoms with Gasteiger partial charge in [0.25, 0.3) is 0 Å². The van der Waals surface area contributed by atoms with Crippen molar-refractivity contribution in [3.05, 3.63) is 71.6 Å². The molecular formula is C23H26N4O. The fourth-order valence-corrected chi connectivity index (χ4v) is 3.19. The fourth-order valence-electron chi connectivity index (χ4n) is 3.19. The summed E-state index contributed by atoms with van der Waals surface area (Å²) in [6, 6.07) is 11.9. The van der Waals surface area contributed by atoms with E-state index in [4.69, 9.17) is 10.00 Å². The van der Waals surface area contributed by atoms with Gasteiger partial charge >= 0.3 is 0 Å². The van der Waals surface area contributed by atoms with E-state index in [0.29, 0.717) is 18.2 Å². The van der Waals surface area contributed by atoms with Crippen molar-refractivity contribution in [3.63, 3.8) is 0 Å². The number of hydrogen-bond acceptors (Lipinski definition) is 5. The summed E-state index contributed by atoms with van der Waals surface area (Å²) in [7, 11) is 0. The molecule has 1 atom stereocenters. The lowest BCUT2D eigenvalue weighted by Crippen LogP contribution is -2.24. The Morgan fingerprint density at radius 3 is 2.89 bits per heavy atom. The molecule has 0 spiro atoms. The summed E-state index contributed by atoms with van der Waals surface area (Å²) >= 11 is 0. The van der Waals surface area contributed by atoms with E-state index in [1.165, 1.54) is 12.0 Å². The summed E-state index contributed by atoms with van der Waals surface area (Å²) in [6.45, 7) is 8.24. The Balaban J connectivity index is 1.69. The highest BCUT2D eigenvalue weighted by Crippen LogP contribution is 2.20. The van der Waals surface area contributed by atoms with Crippen LogP contribution in [0.5, 0.6) is 5.75 Å². The molecule has 1 unspecified atom stereocenters. The predicted octanol–water partition coefficient (Wildman–Crippen LogP) is 3.39. The van der Waals surface area contributed by atoms with Crippen molar-refractivity contribution in [2.75, 3.05) is 26.2 Å². The van der Waals surface area contributed by atoms with Crippen LogP contribution in [0.3, 0.4) is 0 Å². The summed E-state index contributed by atoms with van der Waals surface area (Å²) < 4.78 is 5.76. The number of hydrogen-bond donors (Lipinski definition) is 2. The molecule has 144 valence electrons. The first kappa shape index (κ1) is 19.8. The first-order valence-corrected chi connectivity index (χ1v) is 9.60. The first-order chi connectivity index (χ1) is 13.8. The second kappa shape index (κ2) is 10.4. The molecule has 1 saturated heterocycles. The molecule has 28 heavy (non-hydrogen) atoms. The number of benzene rings is 1. The number of nitrogens with zero attached hydrogens (tertiary/aromatic N) is 2. The molecule has 0 saturated carbocycles. The Kier molecular flexibility index (Phi) is 7.36. The van der Waals surface area contributed by atoms with Crippen LogP contribution in [0.4, 0.5) is 0 Å². The van der Waals surface area contributed by atoms with Crippen molar-refractivity contribution in [1.82, 2.24) is 15.6 Å². The lowest BCUT2D eigenvalue weighted by Gasteiger charge is -2.12. The molecule has 0 bridgehead atoms. The number of ether oxygens (including phenoxy) is 1. The highest BCUT2D eigenvalue weighted by atomic mass is 16.5. The topological polar surface area (TPSA) is 70.0 Å². The lowest BCUT2D eigenvalue weighted by molar-refractivity contribution is 0.362. The van der Waals surface area contributed by atoms with Gasteiger partial charge in [0.2, 0.25) is 0 Å². The van der Waals surface area contributed by atoms with Crippen molar-refractivity contribution in [1.29, 1.82) is 5.26 Å². The zero-order valence-corrected chi connectivity index (χ0v) is 16.0. The normalized spacial score (nSPS) is 16.2. The zero-order chi connectivity index (χ0) is 19.6. The molecule has 2 N–H and O–H groups in total. The van der Waals surface area contributed by atoms with Gasteiger partial charge in [-0.15, -0.1) is 0 Å². The third-order valence-corrected chi connectivity index (χ3v) is 4.65. The van der Waals surface area contributed by atoms with Crippen LogP contribution in [0.2, 0.25) is 0 Å². The number of aromatic nitrogens is 1. The Morgan fingerprint density at radius 1 is 1.29 bits per heavy atom. The molecule has 0 radical (unpaired) electrons. The van der Waals surface area contributed by atoms with E-state index in [1.807, 2.05) is 30.4 Å². The Morgan fingerprint density at radius 2 is 2.18 bits per heavy atom.